The number of rotatable bonds is 7. The minimum Gasteiger partial charge on any atom is -0.489 e. The van der Waals surface area contributed by atoms with Crippen molar-refractivity contribution in [2.24, 2.45) is 0 Å². The standard InChI is InChI=1S/C23H21ClN8O/c1-3-19-27-21-14(2)25-13-26-23(21)32(19)11-15-7-9-17(10-8-15)33-12-16-5-4-6-18(20(16)24)22-28-30-31-29-22/h4-10,13H,3,11-12H2,1-2H3,(H,28,29,30,31). The second-order valence-corrected chi connectivity index (χ2v) is 7.92. The molecule has 0 unspecified atom stereocenters. The van der Waals surface area contributed by atoms with E-state index < -0.39 is 0 Å². The van der Waals surface area contributed by atoms with Gasteiger partial charge in [-0.15, -0.1) is 10.2 Å². The summed E-state index contributed by atoms with van der Waals surface area (Å²) in [6.45, 7) is 5.05. The molecule has 0 atom stereocenters. The van der Waals surface area contributed by atoms with Gasteiger partial charge in [0.1, 0.15) is 30.0 Å². The normalized spacial score (nSPS) is 11.2. The van der Waals surface area contributed by atoms with E-state index in [-0.39, 0.29) is 0 Å². The van der Waals surface area contributed by atoms with Crippen LogP contribution in [0.25, 0.3) is 22.6 Å². The maximum atomic E-state index is 6.54. The maximum absolute atomic E-state index is 6.54. The number of aromatic amines is 1. The highest BCUT2D eigenvalue weighted by Gasteiger charge is 2.14. The third-order valence-electron chi connectivity index (χ3n) is 5.43. The van der Waals surface area contributed by atoms with Gasteiger partial charge in [-0.25, -0.2) is 15.0 Å². The highest BCUT2D eigenvalue weighted by molar-refractivity contribution is 6.34. The van der Waals surface area contributed by atoms with Crippen LogP contribution in [0.3, 0.4) is 0 Å². The molecule has 0 amide bonds. The molecule has 2 aromatic carbocycles. The number of hydrogen-bond donors (Lipinski definition) is 1. The molecule has 3 heterocycles. The highest BCUT2D eigenvalue weighted by atomic mass is 35.5. The van der Waals surface area contributed by atoms with E-state index in [4.69, 9.17) is 21.3 Å². The van der Waals surface area contributed by atoms with Gasteiger partial charge in [0.15, 0.2) is 5.65 Å². The van der Waals surface area contributed by atoms with Crippen LogP contribution in [0.1, 0.15) is 29.6 Å². The van der Waals surface area contributed by atoms with E-state index in [1.165, 1.54) is 0 Å². The maximum Gasteiger partial charge on any atom is 0.206 e. The van der Waals surface area contributed by atoms with Crippen LogP contribution in [0, 0.1) is 6.92 Å². The number of aryl methyl sites for hydroxylation is 2. The third-order valence-corrected chi connectivity index (χ3v) is 5.88. The topological polar surface area (TPSA) is 107 Å². The number of nitrogens with zero attached hydrogens (tertiary/aromatic N) is 7. The first-order chi connectivity index (χ1) is 16.1. The minimum atomic E-state index is 0.326. The molecule has 0 aliphatic carbocycles. The van der Waals surface area contributed by atoms with Gasteiger partial charge in [0, 0.05) is 17.5 Å². The van der Waals surface area contributed by atoms with E-state index >= 15 is 0 Å². The fourth-order valence-corrected chi connectivity index (χ4v) is 3.97. The Morgan fingerprint density at radius 2 is 1.94 bits per heavy atom. The van der Waals surface area contributed by atoms with E-state index in [2.05, 4.69) is 42.1 Å². The Morgan fingerprint density at radius 1 is 1.09 bits per heavy atom. The first kappa shape index (κ1) is 21.0. The zero-order valence-corrected chi connectivity index (χ0v) is 18.9. The lowest BCUT2D eigenvalue weighted by Gasteiger charge is -2.11. The molecule has 0 aliphatic heterocycles. The number of aromatic nitrogens is 8. The second-order valence-electron chi connectivity index (χ2n) is 7.55. The van der Waals surface area contributed by atoms with Gasteiger partial charge in [0.2, 0.25) is 5.82 Å². The Labute approximate surface area is 194 Å². The van der Waals surface area contributed by atoms with E-state index in [9.17, 15) is 0 Å². The zero-order chi connectivity index (χ0) is 22.8. The first-order valence-corrected chi connectivity index (χ1v) is 10.9. The van der Waals surface area contributed by atoms with Gasteiger partial charge in [-0.1, -0.05) is 42.8 Å². The van der Waals surface area contributed by atoms with Crippen molar-refractivity contribution in [2.45, 2.75) is 33.4 Å². The number of H-pyrrole nitrogens is 1. The molecule has 0 fully saturated rings. The summed E-state index contributed by atoms with van der Waals surface area (Å²) >= 11 is 6.54. The Balaban J connectivity index is 1.31. The summed E-state index contributed by atoms with van der Waals surface area (Å²) in [5.41, 5.74) is 5.28. The van der Waals surface area contributed by atoms with Crippen molar-refractivity contribution in [1.82, 2.24) is 40.1 Å². The molecule has 0 spiro atoms. The molecule has 166 valence electrons. The summed E-state index contributed by atoms with van der Waals surface area (Å²) < 4.78 is 8.12. The average molecular weight is 461 g/mol. The van der Waals surface area contributed by atoms with Crippen LogP contribution < -0.4 is 4.74 Å². The monoisotopic (exact) mass is 460 g/mol. The fourth-order valence-electron chi connectivity index (χ4n) is 3.70. The van der Waals surface area contributed by atoms with Gasteiger partial charge in [0.25, 0.3) is 0 Å². The molecule has 1 N–H and O–H groups in total. The largest absolute Gasteiger partial charge is 0.489 e. The molecule has 5 rings (SSSR count). The van der Waals surface area contributed by atoms with Crippen LogP contribution in [0.2, 0.25) is 5.02 Å². The van der Waals surface area contributed by atoms with E-state index in [1.807, 2.05) is 49.4 Å². The molecule has 0 aliphatic rings. The van der Waals surface area contributed by atoms with Crippen LogP contribution in [0.5, 0.6) is 5.75 Å². The Hall–Kier alpha value is -3.85. The van der Waals surface area contributed by atoms with Gasteiger partial charge in [0.05, 0.1) is 17.3 Å². The molecule has 3 aromatic heterocycles. The van der Waals surface area contributed by atoms with Crippen molar-refractivity contribution < 1.29 is 4.74 Å². The predicted molar refractivity (Wildman–Crippen MR) is 124 cm³/mol. The van der Waals surface area contributed by atoms with Gasteiger partial charge < -0.3 is 9.30 Å². The minimum absolute atomic E-state index is 0.326. The quantitative estimate of drug-likeness (QED) is 0.388. The van der Waals surface area contributed by atoms with Gasteiger partial charge >= 0.3 is 0 Å². The van der Waals surface area contributed by atoms with Crippen molar-refractivity contribution in [1.29, 1.82) is 0 Å². The van der Waals surface area contributed by atoms with Gasteiger partial charge in [-0.05, 0) is 35.9 Å². The number of hydrogen-bond acceptors (Lipinski definition) is 7. The Morgan fingerprint density at radius 3 is 2.70 bits per heavy atom. The highest BCUT2D eigenvalue weighted by Crippen LogP contribution is 2.29. The molecular weight excluding hydrogens is 440 g/mol. The van der Waals surface area contributed by atoms with E-state index in [0.717, 1.165) is 46.0 Å². The van der Waals surface area contributed by atoms with Crippen LogP contribution in [-0.2, 0) is 19.6 Å². The van der Waals surface area contributed by atoms with Crippen LogP contribution in [0.4, 0.5) is 0 Å². The summed E-state index contributed by atoms with van der Waals surface area (Å²) in [5, 5.41) is 14.6. The number of benzene rings is 2. The number of halogens is 1. The van der Waals surface area contributed by atoms with Crippen LogP contribution in [0.15, 0.2) is 48.8 Å². The van der Waals surface area contributed by atoms with Crippen molar-refractivity contribution in [3.63, 3.8) is 0 Å². The summed E-state index contributed by atoms with van der Waals surface area (Å²) in [5.74, 6) is 2.19. The summed E-state index contributed by atoms with van der Waals surface area (Å²) in [6.07, 6.45) is 2.41. The van der Waals surface area contributed by atoms with Crippen molar-refractivity contribution in [2.75, 3.05) is 0 Å². The third kappa shape index (κ3) is 4.14. The van der Waals surface area contributed by atoms with Gasteiger partial charge in [-0.3, -0.25) is 0 Å². The number of nitrogens with one attached hydrogen (secondary N) is 1. The molecule has 10 heteroatoms. The van der Waals surface area contributed by atoms with E-state index in [0.29, 0.717) is 29.6 Å². The molecule has 0 bridgehead atoms. The smallest absolute Gasteiger partial charge is 0.206 e. The van der Waals surface area contributed by atoms with Crippen LogP contribution in [-0.4, -0.2) is 40.1 Å². The van der Waals surface area contributed by atoms with Crippen molar-refractivity contribution in [3.05, 3.63) is 76.5 Å². The number of imidazole rings is 1. The summed E-state index contributed by atoms with van der Waals surface area (Å²) in [7, 11) is 0. The molecule has 5 aromatic rings. The molecule has 0 saturated carbocycles. The Bertz CT molecular complexity index is 1400. The molecular formula is C23H21ClN8O. The molecule has 33 heavy (non-hydrogen) atoms. The number of fused-ring (bicyclic) bond motifs is 1. The average Bonchev–Trinajstić information content (AvgIpc) is 3.49. The molecule has 0 saturated heterocycles. The van der Waals surface area contributed by atoms with Crippen molar-refractivity contribution in [3.8, 4) is 17.1 Å². The fraction of sp³-hybridized carbons (Fsp3) is 0.217. The van der Waals surface area contributed by atoms with Crippen LogP contribution >= 0.6 is 11.6 Å². The Kier molecular flexibility index (Phi) is 5.70. The molecule has 0 radical (unpaired) electrons. The summed E-state index contributed by atoms with van der Waals surface area (Å²) in [6, 6.07) is 13.7. The second kappa shape index (κ2) is 8.95. The van der Waals surface area contributed by atoms with Crippen molar-refractivity contribution >= 4 is 22.8 Å². The lowest BCUT2D eigenvalue weighted by atomic mass is 10.1. The zero-order valence-electron chi connectivity index (χ0n) is 18.2. The van der Waals surface area contributed by atoms with E-state index in [1.54, 1.807) is 6.33 Å². The lowest BCUT2D eigenvalue weighted by Crippen LogP contribution is -2.05. The summed E-state index contributed by atoms with van der Waals surface area (Å²) in [4.78, 5) is 13.4. The molecule has 9 nitrogen and oxygen atoms in total. The first-order valence-electron chi connectivity index (χ1n) is 10.5. The number of ether oxygens (including phenoxy) is 1. The number of tetrazole rings is 1. The van der Waals surface area contributed by atoms with Gasteiger partial charge in [-0.2, -0.15) is 5.21 Å². The lowest BCUT2D eigenvalue weighted by molar-refractivity contribution is 0.306. The SMILES string of the molecule is CCc1nc2c(C)ncnc2n1Cc1ccc(OCc2cccc(-c3nn[nH]n3)c2Cl)cc1. The predicted octanol–water partition coefficient (Wildman–Crippen LogP) is 4.16.